The summed E-state index contributed by atoms with van der Waals surface area (Å²) in [4.78, 5) is 38.0. The molecule has 35 heavy (non-hydrogen) atoms. The highest BCUT2D eigenvalue weighted by Crippen LogP contribution is 2.21. The van der Waals surface area contributed by atoms with Gasteiger partial charge >= 0.3 is 0 Å². The molecule has 0 aliphatic carbocycles. The van der Waals surface area contributed by atoms with Gasteiger partial charge < -0.3 is 10.2 Å². The summed E-state index contributed by atoms with van der Waals surface area (Å²) in [6, 6.07) is 22.9. The lowest BCUT2D eigenvalue weighted by Crippen LogP contribution is -2.40. The van der Waals surface area contributed by atoms with Crippen LogP contribution in [0.3, 0.4) is 0 Å². The van der Waals surface area contributed by atoms with E-state index in [1.807, 2.05) is 51.1 Å². The Hall–Kier alpha value is -4.26. The average Bonchev–Trinajstić information content (AvgIpc) is 2.82. The van der Waals surface area contributed by atoms with Crippen molar-refractivity contribution in [1.29, 1.82) is 0 Å². The minimum Gasteiger partial charge on any atom is -0.347 e. The first kappa shape index (κ1) is 25.4. The van der Waals surface area contributed by atoms with Crippen molar-refractivity contribution >= 4 is 23.6 Å². The predicted molar refractivity (Wildman–Crippen MR) is 136 cm³/mol. The standard InChI is InChI=1S/C28H29N3O4/c1-28(2,3)29-27(33)23-16-13-21(14-17-23)15-18-26(32)30(19-22-9-5-4-6-10-22)20-24-11-7-8-12-25(24)31(34)35/h4-18H,19-20H2,1-3H3,(H,29,33)/b18-15+. The average molecular weight is 472 g/mol. The number of benzene rings is 3. The van der Waals surface area contributed by atoms with E-state index in [0.717, 1.165) is 11.1 Å². The maximum atomic E-state index is 13.1. The smallest absolute Gasteiger partial charge is 0.274 e. The number of nitrogens with one attached hydrogen (secondary N) is 1. The highest BCUT2D eigenvalue weighted by atomic mass is 16.6. The summed E-state index contributed by atoms with van der Waals surface area (Å²) in [6.07, 6.45) is 3.12. The van der Waals surface area contributed by atoms with Gasteiger partial charge in [0.15, 0.2) is 0 Å². The van der Waals surface area contributed by atoms with Crippen molar-refractivity contribution in [3.05, 3.63) is 117 Å². The fraction of sp³-hybridized carbons (Fsp3) is 0.214. The summed E-state index contributed by atoms with van der Waals surface area (Å²) in [6.45, 7) is 6.15. The van der Waals surface area contributed by atoms with Gasteiger partial charge in [-0.05, 0) is 50.1 Å². The lowest BCUT2D eigenvalue weighted by Gasteiger charge is -2.21. The topological polar surface area (TPSA) is 92.6 Å². The van der Waals surface area contributed by atoms with Gasteiger partial charge in [-0.2, -0.15) is 0 Å². The highest BCUT2D eigenvalue weighted by Gasteiger charge is 2.19. The van der Waals surface area contributed by atoms with E-state index in [1.165, 1.54) is 12.1 Å². The summed E-state index contributed by atoms with van der Waals surface area (Å²) >= 11 is 0. The van der Waals surface area contributed by atoms with Crippen molar-refractivity contribution in [3.63, 3.8) is 0 Å². The molecular weight excluding hydrogens is 442 g/mol. The van der Waals surface area contributed by atoms with Crippen LogP contribution in [0.1, 0.15) is 47.8 Å². The number of amides is 2. The van der Waals surface area contributed by atoms with E-state index in [1.54, 1.807) is 53.4 Å². The van der Waals surface area contributed by atoms with E-state index in [4.69, 9.17) is 0 Å². The third-order valence-corrected chi connectivity index (χ3v) is 5.16. The number of para-hydroxylation sites is 1. The second-order valence-electron chi connectivity index (χ2n) is 9.23. The lowest BCUT2D eigenvalue weighted by atomic mass is 10.1. The van der Waals surface area contributed by atoms with Crippen LogP contribution in [0.4, 0.5) is 5.69 Å². The van der Waals surface area contributed by atoms with Gasteiger partial charge in [-0.15, -0.1) is 0 Å². The highest BCUT2D eigenvalue weighted by molar-refractivity contribution is 5.95. The van der Waals surface area contributed by atoms with Crippen LogP contribution in [-0.4, -0.2) is 27.2 Å². The molecule has 0 atom stereocenters. The Balaban J connectivity index is 1.78. The molecule has 7 heteroatoms. The molecule has 0 saturated heterocycles. The number of hydrogen-bond donors (Lipinski definition) is 1. The minimum absolute atomic E-state index is 0.0218. The molecule has 0 aliphatic rings. The molecule has 1 N–H and O–H groups in total. The van der Waals surface area contributed by atoms with Crippen LogP contribution in [0.2, 0.25) is 0 Å². The zero-order chi connectivity index (χ0) is 25.4. The molecule has 0 saturated carbocycles. The number of carbonyl (C=O) groups excluding carboxylic acids is 2. The fourth-order valence-electron chi connectivity index (χ4n) is 3.48. The van der Waals surface area contributed by atoms with Crippen LogP contribution in [0.25, 0.3) is 6.08 Å². The maximum absolute atomic E-state index is 13.1. The molecular formula is C28H29N3O4. The van der Waals surface area contributed by atoms with Crippen molar-refractivity contribution in [2.75, 3.05) is 0 Å². The fourth-order valence-corrected chi connectivity index (χ4v) is 3.48. The Morgan fingerprint density at radius 3 is 2.17 bits per heavy atom. The molecule has 2 amide bonds. The summed E-state index contributed by atoms with van der Waals surface area (Å²) in [5, 5.41) is 14.4. The first-order valence-corrected chi connectivity index (χ1v) is 11.3. The van der Waals surface area contributed by atoms with Crippen molar-refractivity contribution in [3.8, 4) is 0 Å². The van der Waals surface area contributed by atoms with E-state index in [9.17, 15) is 19.7 Å². The van der Waals surface area contributed by atoms with Crippen molar-refractivity contribution in [1.82, 2.24) is 10.2 Å². The van der Waals surface area contributed by atoms with E-state index in [0.29, 0.717) is 17.7 Å². The van der Waals surface area contributed by atoms with Crippen LogP contribution in [0.15, 0.2) is 84.9 Å². The molecule has 3 aromatic rings. The Kier molecular flexibility index (Phi) is 8.15. The normalized spacial score (nSPS) is 11.3. The summed E-state index contributed by atoms with van der Waals surface area (Å²) in [5.74, 6) is -0.441. The Labute approximate surface area is 205 Å². The molecule has 0 radical (unpaired) electrons. The van der Waals surface area contributed by atoms with Crippen molar-refractivity contribution in [2.45, 2.75) is 39.4 Å². The molecule has 0 bridgehead atoms. The first-order chi connectivity index (χ1) is 16.6. The molecule has 180 valence electrons. The second kappa shape index (κ2) is 11.2. The number of rotatable bonds is 8. The zero-order valence-corrected chi connectivity index (χ0v) is 20.1. The second-order valence-corrected chi connectivity index (χ2v) is 9.23. The monoisotopic (exact) mass is 471 g/mol. The lowest BCUT2D eigenvalue weighted by molar-refractivity contribution is -0.385. The van der Waals surface area contributed by atoms with E-state index < -0.39 is 4.92 Å². The summed E-state index contributed by atoms with van der Waals surface area (Å²) in [5.41, 5.74) is 2.32. The predicted octanol–water partition coefficient (Wildman–Crippen LogP) is 5.37. The molecule has 0 aromatic heterocycles. The summed E-state index contributed by atoms with van der Waals surface area (Å²) < 4.78 is 0. The minimum atomic E-state index is -0.437. The van der Waals surface area contributed by atoms with Gasteiger partial charge in [-0.3, -0.25) is 19.7 Å². The van der Waals surface area contributed by atoms with Crippen LogP contribution >= 0.6 is 0 Å². The Morgan fingerprint density at radius 1 is 0.914 bits per heavy atom. The third-order valence-electron chi connectivity index (χ3n) is 5.16. The van der Waals surface area contributed by atoms with Crippen LogP contribution in [-0.2, 0) is 17.9 Å². The first-order valence-electron chi connectivity index (χ1n) is 11.3. The zero-order valence-electron chi connectivity index (χ0n) is 20.1. The van der Waals surface area contributed by atoms with E-state index in [-0.39, 0.29) is 29.6 Å². The number of nitro groups is 1. The van der Waals surface area contributed by atoms with Gasteiger partial charge in [0.05, 0.1) is 11.5 Å². The molecule has 0 unspecified atom stereocenters. The maximum Gasteiger partial charge on any atom is 0.274 e. The van der Waals surface area contributed by atoms with Gasteiger partial charge in [0.2, 0.25) is 5.91 Å². The van der Waals surface area contributed by atoms with Gasteiger partial charge in [0.25, 0.3) is 11.6 Å². The van der Waals surface area contributed by atoms with Gasteiger partial charge in [-0.1, -0.05) is 60.7 Å². The molecule has 0 fully saturated rings. The van der Waals surface area contributed by atoms with E-state index >= 15 is 0 Å². The number of nitro benzene ring substituents is 1. The van der Waals surface area contributed by atoms with Gasteiger partial charge in [0, 0.05) is 35.4 Å². The van der Waals surface area contributed by atoms with Crippen LogP contribution in [0, 0.1) is 10.1 Å². The van der Waals surface area contributed by atoms with Crippen LogP contribution < -0.4 is 5.32 Å². The third kappa shape index (κ3) is 7.64. The number of carbonyl (C=O) groups is 2. The molecule has 7 nitrogen and oxygen atoms in total. The van der Waals surface area contributed by atoms with Crippen molar-refractivity contribution < 1.29 is 14.5 Å². The largest absolute Gasteiger partial charge is 0.347 e. The van der Waals surface area contributed by atoms with Crippen LogP contribution in [0.5, 0.6) is 0 Å². The molecule has 0 aliphatic heterocycles. The molecule has 3 rings (SSSR count). The number of nitrogens with zero attached hydrogens (tertiary/aromatic N) is 2. The quantitative estimate of drug-likeness (QED) is 0.272. The van der Waals surface area contributed by atoms with Crippen molar-refractivity contribution in [2.24, 2.45) is 0 Å². The Morgan fingerprint density at radius 2 is 1.54 bits per heavy atom. The molecule has 0 heterocycles. The number of hydrogen-bond acceptors (Lipinski definition) is 4. The van der Waals surface area contributed by atoms with E-state index in [2.05, 4.69) is 5.32 Å². The van der Waals surface area contributed by atoms with Gasteiger partial charge in [-0.25, -0.2) is 0 Å². The molecule has 0 spiro atoms. The molecule has 3 aromatic carbocycles. The Bertz CT molecular complexity index is 1210. The SMILES string of the molecule is CC(C)(C)NC(=O)c1ccc(/C=C/C(=O)N(Cc2ccccc2)Cc2ccccc2[N+](=O)[O-])cc1. The van der Waals surface area contributed by atoms with Gasteiger partial charge in [0.1, 0.15) is 0 Å². The summed E-state index contributed by atoms with van der Waals surface area (Å²) in [7, 11) is 0.